The van der Waals surface area contributed by atoms with Crippen molar-refractivity contribution >= 4 is 5.91 Å². The zero-order valence-corrected chi connectivity index (χ0v) is 17.8. The molecule has 162 valence electrons. The van der Waals surface area contributed by atoms with Gasteiger partial charge in [-0.3, -0.25) is 4.79 Å². The number of hydrogen-bond acceptors (Lipinski definition) is 7. The van der Waals surface area contributed by atoms with Gasteiger partial charge >= 0.3 is 0 Å². The Balaban J connectivity index is 1.63. The van der Waals surface area contributed by atoms with E-state index in [2.05, 4.69) is 10.1 Å². The van der Waals surface area contributed by atoms with Gasteiger partial charge in [-0.25, -0.2) is 0 Å². The molecule has 1 atom stereocenters. The molecule has 30 heavy (non-hydrogen) atoms. The van der Waals surface area contributed by atoms with E-state index in [1.165, 1.54) is 0 Å². The number of hydrogen-bond donors (Lipinski definition) is 0. The SMILES string of the molecule is CCOc1cc(C(=O)N2CCCC2c2nc(C3CC3)no2)cc(OCC)c1OCC. The molecule has 1 amide bonds. The zero-order valence-electron chi connectivity index (χ0n) is 17.8. The minimum absolute atomic E-state index is 0.103. The Kier molecular flexibility index (Phi) is 6.11. The lowest BCUT2D eigenvalue weighted by Gasteiger charge is -2.23. The van der Waals surface area contributed by atoms with Crippen molar-refractivity contribution in [2.75, 3.05) is 26.4 Å². The van der Waals surface area contributed by atoms with Crippen LogP contribution in [0.2, 0.25) is 0 Å². The van der Waals surface area contributed by atoms with Gasteiger partial charge in [0, 0.05) is 18.0 Å². The molecule has 2 fully saturated rings. The summed E-state index contributed by atoms with van der Waals surface area (Å²) in [7, 11) is 0. The van der Waals surface area contributed by atoms with E-state index in [0.29, 0.717) is 61.0 Å². The summed E-state index contributed by atoms with van der Waals surface area (Å²) >= 11 is 0. The van der Waals surface area contributed by atoms with Gasteiger partial charge < -0.3 is 23.6 Å². The maximum Gasteiger partial charge on any atom is 0.254 e. The van der Waals surface area contributed by atoms with Gasteiger partial charge in [0.25, 0.3) is 5.91 Å². The molecule has 2 heterocycles. The van der Waals surface area contributed by atoms with Crippen LogP contribution in [0.15, 0.2) is 16.7 Å². The molecule has 0 bridgehead atoms. The van der Waals surface area contributed by atoms with Crippen molar-refractivity contribution in [3.63, 3.8) is 0 Å². The lowest BCUT2D eigenvalue weighted by Crippen LogP contribution is -2.30. The standard InChI is InChI=1S/C22H29N3O5/c1-4-27-17-12-15(13-18(28-5-2)19(17)29-6-3)22(26)25-11-7-8-16(25)21-23-20(24-30-21)14-9-10-14/h12-14,16H,4-11H2,1-3H3. The fraction of sp³-hybridized carbons (Fsp3) is 0.591. The van der Waals surface area contributed by atoms with Gasteiger partial charge in [0.05, 0.1) is 19.8 Å². The van der Waals surface area contributed by atoms with E-state index < -0.39 is 0 Å². The molecule has 1 unspecified atom stereocenters. The van der Waals surface area contributed by atoms with E-state index in [9.17, 15) is 4.79 Å². The first-order valence-corrected chi connectivity index (χ1v) is 10.9. The predicted molar refractivity (Wildman–Crippen MR) is 109 cm³/mol. The molecule has 1 aliphatic heterocycles. The Hall–Kier alpha value is -2.77. The Morgan fingerprint density at radius 1 is 1.07 bits per heavy atom. The maximum atomic E-state index is 13.4. The van der Waals surface area contributed by atoms with Crippen molar-refractivity contribution < 1.29 is 23.5 Å². The number of benzene rings is 1. The van der Waals surface area contributed by atoms with Crippen LogP contribution in [-0.4, -0.2) is 47.3 Å². The summed E-state index contributed by atoms with van der Waals surface area (Å²) in [5.41, 5.74) is 0.499. The van der Waals surface area contributed by atoms with Gasteiger partial charge in [-0.2, -0.15) is 4.98 Å². The van der Waals surface area contributed by atoms with Crippen LogP contribution in [0.3, 0.4) is 0 Å². The van der Waals surface area contributed by atoms with E-state index in [0.717, 1.165) is 31.5 Å². The number of carbonyl (C=O) groups excluding carboxylic acids is 1. The van der Waals surface area contributed by atoms with Gasteiger partial charge in [0.15, 0.2) is 17.3 Å². The van der Waals surface area contributed by atoms with Crippen LogP contribution >= 0.6 is 0 Å². The molecule has 1 saturated heterocycles. The first-order chi connectivity index (χ1) is 14.7. The van der Waals surface area contributed by atoms with Crippen LogP contribution in [-0.2, 0) is 0 Å². The molecule has 0 spiro atoms. The minimum Gasteiger partial charge on any atom is -0.490 e. The zero-order chi connectivity index (χ0) is 21.1. The Morgan fingerprint density at radius 3 is 2.33 bits per heavy atom. The van der Waals surface area contributed by atoms with Crippen molar-refractivity contribution in [1.29, 1.82) is 0 Å². The van der Waals surface area contributed by atoms with E-state index >= 15 is 0 Å². The summed E-state index contributed by atoms with van der Waals surface area (Å²) in [4.78, 5) is 19.8. The summed E-state index contributed by atoms with van der Waals surface area (Å²) in [5, 5.41) is 4.12. The lowest BCUT2D eigenvalue weighted by atomic mass is 10.1. The van der Waals surface area contributed by atoms with Crippen LogP contribution < -0.4 is 14.2 Å². The number of likely N-dealkylation sites (tertiary alicyclic amines) is 1. The first kappa shape index (κ1) is 20.5. The predicted octanol–water partition coefficient (Wildman–Crippen LogP) is 4.12. The molecule has 2 aromatic rings. The summed E-state index contributed by atoms with van der Waals surface area (Å²) in [6.07, 6.45) is 3.93. The Bertz CT molecular complexity index is 866. The van der Waals surface area contributed by atoms with Gasteiger partial charge in [-0.15, -0.1) is 0 Å². The topological polar surface area (TPSA) is 86.9 Å². The molecule has 1 aromatic carbocycles. The second-order valence-corrected chi connectivity index (χ2v) is 7.52. The van der Waals surface area contributed by atoms with Crippen molar-refractivity contribution in [3.8, 4) is 17.2 Å². The number of ether oxygens (including phenoxy) is 3. The molecule has 8 heteroatoms. The molecule has 8 nitrogen and oxygen atoms in total. The highest BCUT2D eigenvalue weighted by atomic mass is 16.5. The molecule has 1 aliphatic carbocycles. The van der Waals surface area contributed by atoms with E-state index in [4.69, 9.17) is 18.7 Å². The smallest absolute Gasteiger partial charge is 0.254 e. The van der Waals surface area contributed by atoms with Crippen molar-refractivity contribution in [2.24, 2.45) is 0 Å². The number of rotatable bonds is 9. The van der Waals surface area contributed by atoms with E-state index in [-0.39, 0.29) is 11.9 Å². The highest BCUT2D eigenvalue weighted by Crippen LogP contribution is 2.42. The third-order valence-electron chi connectivity index (χ3n) is 5.35. The third-order valence-corrected chi connectivity index (χ3v) is 5.35. The average Bonchev–Trinajstić information content (AvgIpc) is 3.27. The first-order valence-electron chi connectivity index (χ1n) is 10.9. The molecule has 0 N–H and O–H groups in total. The highest BCUT2D eigenvalue weighted by molar-refractivity contribution is 5.96. The fourth-order valence-corrected chi connectivity index (χ4v) is 3.83. The van der Waals surface area contributed by atoms with Gasteiger partial charge in [-0.05, 0) is 58.6 Å². The largest absolute Gasteiger partial charge is 0.490 e. The van der Waals surface area contributed by atoms with Crippen molar-refractivity contribution in [2.45, 2.75) is 58.4 Å². The number of nitrogens with zero attached hydrogens (tertiary/aromatic N) is 3. The highest BCUT2D eigenvalue weighted by Gasteiger charge is 2.37. The average molecular weight is 415 g/mol. The van der Waals surface area contributed by atoms with Crippen molar-refractivity contribution in [1.82, 2.24) is 15.0 Å². The van der Waals surface area contributed by atoms with Crippen LogP contribution in [0.1, 0.15) is 80.5 Å². The second kappa shape index (κ2) is 8.93. The third kappa shape index (κ3) is 4.08. The molecule has 4 rings (SSSR count). The van der Waals surface area contributed by atoms with Crippen LogP contribution in [0.25, 0.3) is 0 Å². The second-order valence-electron chi connectivity index (χ2n) is 7.52. The summed E-state index contributed by atoms with van der Waals surface area (Å²) in [5.74, 6) is 3.17. The molecular weight excluding hydrogens is 386 g/mol. The molecule has 1 aromatic heterocycles. The molecular formula is C22H29N3O5. The fourth-order valence-electron chi connectivity index (χ4n) is 3.83. The number of amides is 1. The maximum absolute atomic E-state index is 13.4. The molecule has 2 aliphatic rings. The van der Waals surface area contributed by atoms with Crippen LogP contribution in [0.5, 0.6) is 17.2 Å². The van der Waals surface area contributed by atoms with Crippen LogP contribution in [0.4, 0.5) is 0 Å². The van der Waals surface area contributed by atoms with Gasteiger partial charge in [0.2, 0.25) is 11.6 Å². The normalized spacial score (nSPS) is 18.5. The van der Waals surface area contributed by atoms with Crippen LogP contribution in [0, 0.1) is 0 Å². The van der Waals surface area contributed by atoms with E-state index in [1.54, 1.807) is 12.1 Å². The Labute approximate surface area is 176 Å². The van der Waals surface area contributed by atoms with Gasteiger partial charge in [0.1, 0.15) is 6.04 Å². The molecule has 0 radical (unpaired) electrons. The number of carbonyl (C=O) groups is 1. The van der Waals surface area contributed by atoms with Gasteiger partial charge in [-0.1, -0.05) is 5.16 Å². The Morgan fingerprint density at radius 2 is 1.73 bits per heavy atom. The minimum atomic E-state index is -0.199. The lowest BCUT2D eigenvalue weighted by molar-refractivity contribution is 0.0709. The van der Waals surface area contributed by atoms with E-state index in [1.807, 2.05) is 25.7 Å². The summed E-state index contributed by atoms with van der Waals surface area (Å²) in [6, 6.07) is 3.27. The quantitative estimate of drug-likeness (QED) is 0.609. The van der Waals surface area contributed by atoms with Crippen molar-refractivity contribution in [3.05, 3.63) is 29.4 Å². The monoisotopic (exact) mass is 415 g/mol. The summed E-state index contributed by atoms with van der Waals surface area (Å²) < 4.78 is 22.8. The number of aromatic nitrogens is 2. The summed E-state index contributed by atoms with van der Waals surface area (Å²) in [6.45, 7) is 7.73. The molecule has 1 saturated carbocycles.